The lowest BCUT2D eigenvalue weighted by Gasteiger charge is -2.12. The molecule has 6 heteroatoms. The smallest absolute Gasteiger partial charge is 0.221 e. The Labute approximate surface area is 115 Å². The molecule has 0 fully saturated rings. The summed E-state index contributed by atoms with van der Waals surface area (Å²) in [5.41, 5.74) is 0. The summed E-state index contributed by atoms with van der Waals surface area (Å²) in [4.78, 5) is 12.3. The molecule has 2 atom stereocenters. The average Bonchev–Trinajstić information content (AvgIpc) is 2.72. The SMILES string of the molecule is CSC(C)CC(=O)NCC(O)c1ccc(Cl)s1. The molecule has 1 heterocycles. The molecular formula is C11H16ClNO2S2. The first-order chi connectivity index (χ1) is 8.02. The molecular weight excluding hydrogens is 278 g/mol. The lowest BCUT2D eigenvalue weighted by atomic mass is 10.2. The van der Waals surface area contributed by atoms with E-state index in [1.807, 2.05) is 13.2 Å². The summed E-state index contributed by atoms with van der Waals surface area (Å²) in [6.45, 7) is 2.23. The van der Waals surface area contributed by atoms with Gasteiger partial charge in [-0.2, -0.15) is 11.8 Å². The second-order valence-corrected chi connectivity index (χ2v) is 6.73. The number of carbonyl (C=O) groups is 1. The van der Waals surface area contributed by atoms with E-state index in [2.05, 4.69) is 5.32 Å². The third kappa shape index (κ3) is 5.29. The zero-order valence-corrected chi connectivity index (χ0v) is 12.2. The Hall–Kier alpha value is -0.230. The van der Waals surface area contributed by atoms with Crippen LogP contribution in [0.3, 0.4) is 0 Å². The Morgan fingerprint density at radius 2 is 2.35 bits per heavy atom. The van der Waals surface area contributed by atoms with E-state index in [4.69, 9.17) is 11.6 Å². The molecule has 2 N–H and O–H groups in total. The van der Waals surface area contributed by atoms with Crippen molar-refractivity contribution in [2.75, 3.05) is 12.8 Å². The molecule has 0 aliphatic heterocycles. The number of hydrogen-bond donors (Lipinski definition) is 2. The number of thiophene rings is 1. The molecule has 0 aliphatic carbocycles. The first kappa shape index (κ1) is 14.8. The third-order valence-corrected chi connectivity index (χ3v) is 4.59. The Morgan fingerprint density at radius 1 is 1.65 bits per heavy atom. The number of thioether (sulfide) groups is 1. The summed E-state index contributed by atoms with van der Waals surface area (Å²) in [7, 11) is 0. The van der Waals surface area contributed by atoms with Gasteiger partial charge in [0, 0.05) is 23.1 Å². The summed E-state index contributed by atoms with van der Waals surface area (Å²) >= 11 is 8.75. The van der Waals surface area contributed by atoms with Gasteiger partial charge in [0.15, 0.2) is 0 Å². The van der Waals surface area contributed by atoms with Gasteiger partial charge in [-0.05, 0) is 18.4 Å². The fourth-order valence-electron chi connectivity index (χ4n) is 1.24. The zero-order valence-electron chi connectivity index (χ0n) is 9.77. The van der Waals surface area contributed by atoms with Crippen LogP contribution in [0, 0.1) is 0 Å². The standard InChI is InChI=1S/C11H16ClNO2S2/c1-7(16-2)5-11(15)13-6-8(14)9-3-4-10(12)17-9/h3-4,7-8,14H,5-6H2,1-2H3,(H,13,15). The first-order valence-electron chi connectivity index (χ1n) is 5.25. The zero-order chi connectivity index (χ0) is 12.8. The number of amides is 1. The van der Waals surface area contributed by atoms with E-state index in [9.17, 15) is 9.90 Å². The van der Waals surface area contributed by atoms with E-state index < -0.39 is 6.10 Å². The number of carbonyl (C=O) groups excluding carboxylic acids is 1. The minimum atomic E-state index is -0.680. The minimum absolute atomic E-state index is 0.0337. The topological polar surface area (TPSA) is 49.3 Å². The fraction of sp³-hybridized carbons (Fsp3) is 0.545. The molecule has 0 radical (unpaired) electrons. The van der Waals surface area contributed by atoms with Crippen LogP contribution in [0.4, 0.5) is 0 Å². The third-order valence-electron chi connectivity index (χ3n) is 2.29. The van der Waals surface area contributed by atoms with Gasteiger partial charge < -0.3 is 10.4 Å². The molecule has 3 nitrogen and oxygen atoms in total. The number of aliphatic hydroxyl groups excluding tert-OH is 1. The number of nitrogens with one attached hydrogen (secondary N) is 1. The molecule has 1 aromatic rings. The van der Waals surface area contributed by atoms with Gasteiger partial charge in [0.1, 0.15) is 6.10 Å². The van der Waals surface area contributed by atoms with Crippen molar-refractivity contribution in [2.45, 2.75) is 24.7 Å². The van der Waals surface area contributed by atoms with E-state index in [-0.39, 0.29) is 12.5 Å². The van der Waals surface area contributed by atoms with E-state index in [0.29, 0.717) is 16.0 Å². The molecule has 17 heavy (non-hydrogen) atoms. The van der Waals surface area contributed by atoms with Crippen LogP contribution in [0.1, 0.15) is 24.3 Å². The van der Waals surface area contributed by atoms with Crippen LogP contribution in [-0.4, -0.2) is 29.1 Å². The van der Waals surface area contributed by atoms with Crippen molar-refractivity contribution in [3.63, 3.8) is 0 Å². The first-order valence-corrected chi connectivity index (χ1v) is 7.74. The number of aliphatic hydroxyl groups is 1. The Morgan fingerprint density at radius 3 is 2.88 bits per heavy atom. The number of halogens is 1. The van der Waals surface area contributed by atoms with E-state index in [1.54, 1.807) is 23.9 Å². The van der Waals surface area contributed by atoms with Gasteiger partial charge in [-0.3, -0.25) is 4.79 Å². The summed E-state index contributed by atoms with van der Waals surface area (Å²) in [6, 6.07) is 3.51. The second kappa shape index (κ2) is 7.26. The largest absolute Gasteiger partial charge is 0.386 e. The van der Waals surface area contributed by atoms with Gasteiger partial charge in [0.25, 0.3) is 0 Å². The lowest BCUT2D eigenvalue weighted by Crippen LogP contribution is -2.29. The van der Waals surface area contributed by atoms with E-state index in [0.717, 1.165) is 4.88 Å². The number of hydrogen-bond acceptors (Lipinski definition) is 4. The van der Waals surface area contributed by atoms with Crippen molar-refractivity contribution in [1.29, 1.82) is 0 Å². The predicted octanol–water partition coefficient (Wildman–Crippen LogP) is 2.69. The number of rotatable bonds is 6. The average molecular weight is 294 g/mol. The summed E-state index contributed by atoms with van der Waals surface area (Å²) in [5.74, 6) is -0.0337. The molecule has 1 aromatic heterocycles. The van der Waals surface area contributed by atoms with Crippen molar-refractivity contribution in [3.05, 3.63) is 21.3 Å². The van der Waals surface area contributed by atoms with E-state index in [1.165, 1.54) is 11.3 Å². The quantitative estimate of drug-likeness (QED) is 0.848. The lowest BCUT2D eigenvalue weighted by molar-refractivity contribution is -0.121. The highest BCUT2D eigenvalue weighted by molar-refractivity contribution is 7.99. The molecule has 0 aromatic carbocycles. The normalized spacial score (nSPS) is 14.4. The molecule has 0 saturated carbocycles. The van der Waals surface area contributed by atoms with Crippen molar-refractivity contribution in [3.8, 4) is 0 Å². The Bertz CT molecular complexity index is 370. The maximum atomic E-state index is 11.5. The van der Waals surface area contributed by atoms with Crippen molar-refractivity contribution in [1.82, 2.24) is 5.32 Å². The fourth-order valence-corrected chi connectivity index (χ4v) is 2.60. The molecule has 0 bridgehead atoms. The van der Waals surface area contributed by atoms with Crippen LogP contribution in [0.25, 0.3) is 0 Å². The predicted molar refractivity (Wildman–Crippen MR) is 74.9 cm³/mol. The second-order valence-electron chi connectivity index (χ2n) is 3.71. The monoisotopic (exact) mass is 293 g/mol. The summed E-state index contributed by atoms with van der Waals surface area (Å²) in [6.07, 6.45) is 1.76. The highest BCUT2D eigenvalue weighted by atomic mass is 35.5. The van der Waals surface area contributed by atoms with Gasteiger partial charge in [0.05, 0.1) is 4.34 Å². The van der Waals surface area contributed by atoms with Gasteiger partial charge >= 0.3 is 0 Å². The van der Waals surface area contributed by atoms with Crippen LogP contribution in [-0.2, 0) is 4.79 Å². The molecule has 96 valence electrons. The van der Waals surface area contributed by atoms with Gasteiger partial charge in [-0.1, -0.05) is 18.5 Å². The highest BCUT2D eigenvalue weighted by Gasteiger charge is 2.13. The van der Waals surface area contributed by atoms with Crippen LogP contribution < -0.4 is 5.32 Å². The van der Waals surface area contributed by atoms with Crippen molar-refractivity contribution in [2.24, 2.45) is 0 Å². The van der Waals surface area contributed by atoms with Crippen molar-refractivity contribution < 1.29 is 9.90 Å². The molecule has 2 unspecified atom stereocenters. The van der Waals surface area contributed by atoms with Crippen molar-refractivity contribution >= 4 is 40.6 Å². The summed E-state index contributed by atoms with van der Waals surface area (Å²) < 4.78 is 0.640. The van der Waals surface area contributed by atoms with Gasteiger partial charge in [0.2, 0.25) is 5.91 Å². The molecule has 0 saturated heterocycles. The maximum absolute atomic E-state index is 11.5. The van der Waals surface area contributed by atoms with Gasteiger partial charge in [-0.15, -0.1) is 11.3 Å². The van der Waals surface area contributed by atoms with Crippen LogP contribution in [0.15, 0.2) is 12.1 Å². The molecule has 0 aliphatic rings. The minimum Gasteiger partial charge on any atom is -0.386 e. The van der Waals surface area contributed by atoms with Crippen LogP contribution in [0.2, 0.25) is 4.34 Å². The van der Waals surface area contributed by atoms with Crippen LogP contribution >= 0.6 is 34.7 Å². The highest BCUT2D eigenvalue weighted by Crippen LogP contribution is 2.26. The maximum Gasteiger partial charge on any atom is 0.221 e. The molecule has 1 amide bonds. The summed E-state index contributed by atoms with van der Waals surface area (Å²) in [5, 5.41) is 12.8. The van der Waals surface area contributed by atoms with Gasteiger partial charge in [-0.25, -0.2) is 0 Å². The van der Waals surface area contributed by atoms with E-state index >= 15 is 0 Å². The Kier molecular flexibility index (Phi) is 6.33. The molecule has 1 rings (SSSR count). The van der Waals surface area contributed by atoms with Crippen LogP contribution in [0.5, 0.6) is 0 Å². The molecule has 0 spiro atoms. The Balaban J connectivity index is 2.33.